The van der Waals surface area contributed by atoms with Gasteiger partial charge in [-0.05, 0) is 43.3 Å². The Kier molecular flexibility index (Phi) is 4.00. The van der Waals surface area contributed by atoms with E-state index in [9.17, 15) is 9.59 Å². The molecule has 2 aromatic carbocycles. The van der Waals surface area contributed by atoms with E-state index in [2.05, 4.69) is 10.6 Å². The Labute approximate surface area is 116 Å². The van der Waals surface area contributed by atoms with Crippen LogP contribution in [0.15, 0.2) is 48.5 Å². The Bertz CT molecular complexity index is 636. The predicted molar refractivity (Wildman–Crippen MR) is 78.8 cm³/mol. The summed E-state index contributed by atoms with van der Waals surface area (Å²) in [6.07, 6.45) is 0. The van der Waals surface area contributed by atoms with Crippen LogP contribution in [0, 0.1) is 6.92 Å². The van der Waals surface area contributed by atoms with E-state index in [0.29, 0.717) is 16.9 Å². The summed E-state index contributed by atoms with van der Waals surface area (Å²) in [5.74, 6) is -0.177. The maximum absolute atomic E-state index is 12.0. The van der Waals surface area contributed by atoms with Gasteiger partial charge in [-0.2, -0.15) is 0 Å². The number of hydrogen-bond donors (Lipinski definition) is 3. The molecule has 5 nitrogen and oxygen atoms in total. The summed E-state index contributed by atoms with van der Waals surface area (Å²) in [6, 6.07) is 13.4. The number of urea groups is 1. The van der Waals surface area contributed by atoms with Crippen LogP contribution in [0.1, 0.15) is 15.9 Å². The summed E-state index contributed by atoms with van der Waals surface area (Å²) >= 11 is 0. The molecular formula is C15H15N3O2. The van der Waals surface area contributed by atoms with Crippen molar-refractivity contribution in [3.63, 3.8) is 0 Å². The van der Waals surface area contributed by atoms with Crippen LogP contribution in [-0.2, 0) is 0 Å². The molecule has 2 rings (SSSR count). The van der Waals surface area contributed by atoms with E-state index in [1.165, 1.54) is 0 Å². The number of primary amides is 1. The monoisotopic (exact) mass is 269 g/mol. The minimum atomic E-state index is -0.624. The highest BCUT2D eigenvalue weighted by atomic mass is 16.2. The molecule has 2 aromatic rings. The summed E-state index contributed by atoms with van der Waals surface area (Å²) < 4.78 is 0. The lowest BCUT2D eigenvalue weighted by atomic mass is 10.1. The van der Waals surface area contributed by atoms with Crippen LogP contribution in [0.5, 0.6) is 0 Å². The van der Waals surface area contributed by atoms with E-state index < -0.39 is 6.03 Å². The number of amides is 3. The van der Waals surface area contributed by atoms with Crippen LogP contribution in [-0.4, -0.2) is 11.9 Å². The number of nitrogens with one attached hydrogen (secondary N) is 2. The molecule has 0 aliphatic rings. The molecule has 0 aliphatic carbocycles. The second-order valence-corrected chi connectivity index (χ2v) is 4.39. The second-order valence-electron chi connectivity index (χ2n) is 4.39. The standard InChI is InChI=1S/C15H15N3O2/c1-10-3-2-4-11(9-10)14(19)17-12-5-7-13(8-6-12)18-15(16)20/h2-9H,1H3,(H,17,19)(H3,16,18,20). The van der Waals surface area contributed by atoms with Crippen LogP contribution in [0.25, 0.3) is 0 Å². The highest BCUT2D eigenvalue weighted by molar-refractivity contribution is 6.04. The van der Waals surface area contributed by atoms with Gasteiger partial charge in [-0.3, -0.25) is 4.79 Å². The van der Waals surface area contributed by atoms with Crippen molar-refractivity contribution in [3.05, 3.63) is 59.7 Å². The molecule has 0 saturated heterocycles. The Balaban J connectivity index is 2.06. The largest absolute Gasteiger partial charge is 0.351 e. The second kappa shape index (κ2) is 5.88. The molecule has 0 spiro atoms. The zero-order valence-electron chi connectivity index (χ0n) is 11.0. The lowest BCUT2D eigenvalue weighted by Crippen LogP contribution is -2.19. The Morgan fingerprint density at radius 1 is 0.950 bits per heavy atom. The molecular weight excluding hydrogens is 254 g/mol. The third-order valence-electron chi connectivity index (χ3n) is 2.69. The van der Waals surface area contributed by atoms with Gasteiger partial charge in [-0.1, -0.05) is 17.7 Å². The molecule has 0 heterocycles. The molecule has 4 N–H and O–H groups in total. The number of hydrogen-bond acceptors (Lipinski definition) is 2. The van der Waals surface area contributed by atoms with Crippen LogP contribution < -0.4 is 16.4 Å². The fourth-order valence-electron chi connectivity index (χ4n) is 1.77. The van der Waals surface area contributed by atoms with E-state index in [-0.39, 0.29) is 5.91 Å². The van der Waals surface area contributed by atoms with Crippen LogP contribution >= 0.6 is 0 Å². The lowest BCUT2D eigenvalue weighted by molar-refractivity contribution is 0.102. The van der Waals surface area contributed by atoms with Gasteiger partial charge >= 0.3 is 6.03 Å². The van der Waals surface area contributed by atoms with E-state index in [4.69, 9.17) is 5.73 Å². The summed E-state index contributed by atoms with van der Waals surface area (Å²) in [5.41, 5.74) is 7.86. The Hall–Kier alpha value is -2.82. The maximum atomic E-state index is 12.0. The van der Waals surface area contributed by atoms with Crippen molar-refractivity contribution in [3.8, 4) is 0 Å². The SMILES string of the molecule is Cc1cccc(C(=O)Nc2ccc(NC(N)=O)cc2)c1. The molecule has 0 bridgehead atoms. The number of rotatable bonds is 3. The molecule has 102 valence electrons. The third-order valence-corrected chi connectivity index (χ3v) is 2.69. The Morgan fingerprint density at radius 2 is 1.55 bits per heavy atom. The third kappa shape index (κ3) is 3.58. The zero-order chi connectivity index (χ0) is 14.5. The molecule has 20 heavy (non-hydrogen) atoms. The van der Waals surface area contributed by atoms with Crippen molar-refractivity contribution in [2.45, 2.75) is 6.92 Å². The topological polar surface area (TPSA) is 84.2 Å². The quantitative estimate of drug-likeness (QED) is 0.800. The smallest absolute Gasteiger partial charge is 0.316 e. The van der Waals surface area contributed by atoms with Gasteiger partial charge in [0, 0.05) is 16.9 Å². The first kappa shape index (κ1) is 13.6. The summed E-state index contributed by atoms with van der Waals surface area (Å²) in [7, 11) is 0. The van der Waals surface area contributed by atoms with Crippen molar-refractivity contribution < 1.29 is 9.59 Å². The molecule has 0 fully saturated rings. The average Bonchev–Trinajstić information content (AvgIpc) is 2.40. The van der Waals surface area contributed by atoms with Crippen LogP contribution in [0.2, 0.25) is 0 Å². The lowest BCUT2D eigenvalue weighted by Gasteiger charge is -2.07. The zero-order valence-corrected chi connectivity index (χ0v) is 11.0. The maximum Gasteiger partial charge on any atom is 0.316 e. The van der Waals surface area contributed by atoms with Crippen LogP contribution in [0.3, 0.4) is 0 Å². The van der Waals surface area contributed by atoms with E-state index in [1.54, 1.807) is 30.3 Å². The summed E-state index contributed by atoms with van der Waals surface area (Å²) in [4.78, 5) is 22.7. The van der Waals surface area contributed by atoms with Crippen molar-refractivity contribution in [2.75, 3.05) is 10.6 Å². The van der Waals surface area contributed by atoms with Gasteiger partial charge in [0.25, 0.3) is 5.91 Å². The van der Waals surface area contributed by atoms with Gasteiger partial charge < -0.3 is 16.4 Å². The van der Waals surface area contributed by atoms with Crippen molar-refractivity contribution in [1.82, 2.24) is 0 Å². The van der Waals surface area contributed by atoms with Gasteiger partial charge in [-0.15, -0.1) is 0 Å². The normalized spacial score (nSPS) is 9.85. The summed E-state index contributed by atoms with van der Waals surface area (Å²) in [5, 5.41) is 5.23. The average molecular weight is 269 g/mol. The number of carbonyl (C=O) groups excluding carboxylic acids is 2. The molecule has 0 aliphatic heterocycles. The molecule has 3 amide bonds. The molecule has 0 unspecified atom stereocenters. The van der Waals surface area contributed by atoms with Gasteiger partial charge in [0.1, 0.15) is 0 Å². The van der Waals surface area contributed by atoms with E-state index >= 15 is 0 Å². The summed E-state index contributed by atoms with van der Waals surface area (Å²) in [6.45, 7) is 1.93. The fraction of sp³-hybridized carbons (Fsp3) is 0.0667. The van der Waals surface area contributed by atoms with E-state index in [0.717, 1.165) is 5.56 Å². The van der Waals surface area contributed by atoms with Gasteiger partial charge in [0.2, 0.25) is 0 Å². The first-order valence-corrected chi connectivity index (χ1v) is 6.09. The van der Waals surface area contributed by atoms with Gasteiger partial charge in [0.05, 0.1) is 0 Å². The molecule has 0 aromatic heterocycles. The minimum absolute atomic E-state index is 0.177. The number of nitrogens with two attached hydrogens (primary N) is 1. The number of carbonyl (C=O) groups is 2. The van der Waals surface area contributed by atoms with Gasteiger partial charge in [-0.25, -0.2) is 4.79 Å². The highest BCUT2D eigenvalue weighted by Gasteiger charge is 2.06. The van der Waals surface area contributed by atoms with E-state index in [1.807, 2.05) is 25.1 Å². The fourth-order valence-corrected chi connectivity index (χ4v) is 1.77. The minimum Gasteiger partial charge on any atom is -0.351 e. The number of benzene rings is 2. The molecule has 0 atom stereocenters. The van der Waals surface area contributed by atoms with Crippen LogP contribution in [0.4, 0.5) is 16.2 Å². The van der Waals surface area contributed by atoms with Crippen molar-refractivity contribution >= 4 is 23.3 Å². The highest BCUT2D eigenvalue weighted by Crippen LogP contribution is 2.14. The molecule has 0 radical (unpaired) electrons. The molecule has 0 saturated carbocycles. The Morgan fingerprint density at radius 3 is 2.10 bits per heavy atom. The van der Waals surface area contributed by atoms with Gasteiger partial charge in [0.15, 0.2) is 0 Å². The number of anilines is 2. The first-order valence-electron chi connectivity index (χ1n) is 6.09. The predicted octanol–water partition coefficient (Wildman–Crippen LogP) is 2.74. The molecule has 5 heteroatoms. The van der Waals surface area contributed by atoms with Crippen molar-refractivity contribution in [1.29, 1.82) is 0 Å². The van der Waals surface area contributed by atoms with Crippen molar-refractivity contribution in [2.24, 2.45) is 5.73 Å². The first-order chi connectivity index (χ1) is 9.54. The number of aryl methyl sites for hydroxylation is 1.